The van der Waals surface area contributed by atoms with E-state index in [0.717, 1.165) is 44.7 Å². The number of hydrogen-bond acceptors (Lipinski definition) is 5. The molecule has 0 aliphatic rings. The van der Waals surface area contributed by atoms with Crippen molar-refractivity contribution in [2.24, 2.45) is 0 Å². The fourth-order valence-corrected chi connectivity index (χ4v) is 2.26. The second kappa shape index (κ2) is 10.9. The van der Waals surface area contributed by atoms with Gasteiger partial charge in [0.15, 0.2) is 0 Å². The Balaban J connectivity index is 2.61. The third kappa shape index (κ3) is 6.48. The SMILES string of the molecule is CCCCNc1ccc(C(=O)OCCN(CC)CC)c(OC)c1. The summed E-state index contributed by atoms with van der Waals surface area (Å²) in [5, 5.41) is 3.32. The number of carbonyl (C=O) groups is 1. The summed E-state index contributed by atoms with van der Waals surface area (Å²) in [4.78, 5) is 14.4. The molecule has 0 heterocycles. The Morgan fingerprint density at radius 2 is 1.96 bits per heavy atom. The number of esters is 1. The zero-order chi connectivity index (χ0) is 17.1. The molecule has 0 aliphatic carbocycles. The quantitative estimate of drug-likeness (QED) is 0.500. The number of nitrogens with zero attached hydrogens (tertiary/aromatic N) is 1. The summed E-state index contributed by atoms with van der Waals surface area (Å²) in [6, 6.07) is 5.49. The average Bonchev–Trinajstić information content (AvgIpc) is 2.58. The van der Waals surface area contributed by atoms with Crippen molar-refractivity contribution in [2.75, 3.05) is 45.2 Å². The van der Waals surface area contributed by atoms with E-state index in [1.807, 2.05) is 12.1 Å². The molecular weight excluding hydrogens is 292 g/mol. The summed E-state index contributed by atoms with van der Waals surface area (Å²) in [7, 11) is 1.57. The van der Waals surface area contributed by atoms with Gasteiger partial charge in [-0.05, 0) is 31.6 Å². The number of methoxy groups -OCH3 is 1. The number of unbranched alkanes of at least 4 members (excludes halogenated alkanes) is 1. The van der Waals surface area contributed by atoms with Gasteiger partial charge in [-0.1, -0.05) is 27.2 Å². The van der Waals surface area contributed by atoms with Crippen molar-refractivity contribution in [1.29, 1.82) is 0 Å². The van der Waals surface area contributed by atoms with Gasteiger partial charge in [0.2, 0.25) is 0 Å². The molecule has 130 valence electrons. The van der Waals surface area contributed by atoms with Crippen LogP contribution in [0.25, 0.3) is 0 Å². The number of nitrogens with one attached hydrogen (secondary N) is 1. The number of likely N-dealkylation sites (N-methyl/N-ethyl adjacent to an activating group) is 1. The van der Waals surface area contributed by atoms with Crippen molar-refractivity contribution in [3.8, 4) is 5.75 Å². The van der Waals surface area contributed by atoms with Crippen LogP contribution in [0, 0.1) is 0 Å². The zero-order valence-electron chi connectivity index (χ0n) is 14.9. The first kappa shape index (κ1) is 19.3. The molecule has 23 heavy (non-hydrogen) atoms. The Morgan fingerprint density at radius 1 is 1.22 bits per heavy atom. The monoisotopic (exact) mass is 322 g/mol. The van der Waals surface area contributed by atoms with Gasteiger partial charge in [0, 0.05) is 24.8 Å². The fraction of sp³-hybridized carbons (Fsp3) is 0.611. The minimum atomic E-state index is -0.339. The highest BCUT2D eigenvalue weighted by Crippen LogP contribution is 2.24. The highest BCUT2D eigenvalue weighted by Gasteiger charge is 2.14. The maximum absolute atomic E-state index is 12.2. The number of anilines is 1. The first-order valence-corrected chi connectivity index (χ1v) is 8.47. The van der Waals surface area contributed by atoms with Gasteiger partial charge in [0.1, 0.15) is 17.9 Å². The van der Waals surface area contributed by atoms with Crippen molar-refractivity contribution >= 4 is 11.7 Å². The summed E-state index contributed by atoms with van der Waals surface area (Å²) in [6.45, 7) is 10.3. The van der Waals surface area contributed by atoms with Gasteiger partial charge in [0.05, 0.1) is 7.11 Å². The van der Waals surface area contributed by atoms with Crippen LogP contribution in [0.4, 0.5) is 5.69 Å². The van der Waals surface area contributed by atoms with Gasteiger partial charge >= 0.3 is 5.97 Å². The van der Waals surface area contributed by atoms with Crippen LogP contribution in [-0.2, 0) is 4.74 Å². The van der Waals surface area contributed by atoms with E-state index >= 15 is 0 Å². The van der Waals surface area contributed by atoms with E-state index in [2.05, 4.69) is 31.0 Å². The van der Waals surface area contributed by atoms with Crippen LogP contribution in [0.5, 0.6) is 5.75 Å². The van der Waals surface area contributed by atoms with E-state index in [9.17, 15) is 4.79 Å². The van der Waals surface area contributed by atoms with Gasteiger partial charge in [-0.25, -0.2) is 4.79 Å². The Morgan fingerprint density at radius 3 is 2.57 bits per heavy atom. The van der Waals surface area contributed by atoms with Crippen LogP contribution in [-0.4, -0.2) is 50.8 Å². The molecule has 0 aliphatic heterocycles. The molecule has 0 spiro atoms. The van der Waals surface area contributed by atoms with E-state index in [-0.39, 0.29) is 5.97 Å². The van der Waals surface area contributed by atoms with Crippen LogP contribution in [0.15, 0.2) is 18.2 Å². The van der Waals surface area contributed by atoms with Crippen molar-refractivity contribution in [2.45, 2.75) is 33.6 Å². The molecule has 0 aromatic heterocycles. The number of hydrogen-bond donors (Lipinski definition) is 1. The third-order valence-electron chi connectivity index (χ3n) is 3.82. The highest BCUT2D eigenvalue weighted by atomic mass is 16.5. The van der Waals surface area contributed by atoms with Crippen LogP contribution in [0.1, 0.15) is 44.0 Å². The zero-order valence-corrected chi connectivity index (χ0v) is 14.9. The van der Waals surface area contributed by atoms with E-state index in [4.69, 9.17) is 9.47 Å². The fourth-order valence-electron chi connectivity index (χ4n) is 2.26. The third-order valence-corrected chi connectivity index (χ3v) is 3.82. The van der Waals surface area contributed by atoms with Crippen molar-refractivity contribution < 1.29 is 14.3 Å². The molecule has 1 aromatic carbocycles. The van der Waals surface area contributed by atoms with Crippen molar-refractivity contribution in [1.82, 2.24) is 4.90 Å². The second-order valence-electron chi connectivity index (χ2n) is 5.36. The molecule has 1 rings (SSSR count). The molecule has 1 aromatic rings. The molecule has 0 saturated carbocycles. The van der Waals surface area contributed by atoms with Crippen molar-refractivity contribution in [3.63, 3.8) is 0 Å². The lowest BCUT2D eigenvalue weighted by Crippen LogP contribution is -2.28. The predicted octanol–water partition coefficient (Wildman–Crippen LogP) is 3.41. The second-order valence-corrected chi connectivity index (χ2v) is 5.36. The lowest BCUT2D eigenvalue weighted by molar-refractivity contribution is 0.0463. The molecule has 0 saturated heterocycles. The highest BCUT2D eigenvalue weighted by molar-refractivity contribution is 5.93. The van der Waals surface area contributed by atoms with E-state index < -0.39 is 0 Å². The topological polar surface area (TPSA) is 50.8 Å². The smallest absolute Gasteiger partial charge is 0.341 e. The van der Waals surface area contributed by atoms with E-state index in [1.165, 1.54) is 0 Å². The Hall–Kier alpha value is -1.75. The number of ether oxygens (including phenoxy) is 2. The number of carbonyl (C=O) groups excluding carboxylic acids is 1. The summed E-state index contributed by atoms with van der Waals surface area (Å²) in [6.07, 6.45) is 2.25. The van der Waals surface area contributed by atoms with Gasteiger partial charge in [-0.3, -0.25) is 0 Å². The Kier molecular flexibility index (Phi) is 9.14. The molecule has 0 radical (unpaired) electrons. The molecule has 0 unspecified atom stereocenters. The van der Waals surface area contributed by atoms with E-state index in [0.29, 0.717) is 17.9 Å². The predicted molar refractivity (Wildman–Crippen MR) is 94.5 cm³/mol. The Labute approximate surface area is 140 Å². The van der Waals surface area contributed by atoms with Crippen LogP contribution >= 0.6 is 0 Å². The molecular formula is C18H30N2O3. The van der Waals surface area contributed by atoms with Gasteiger partial charge in [-0.2, -0.15) is 0 Å². The number of benzene rings is 1. The normalized spacial score (nSPS) is 10.7. The summed E-state index contributed by atoms with van der Waals surface area (Å²) < 4.78 is 10.7. The van der Waals surface area contributed by atoms with Crippen molar-refractivity contribution in [3.05, 3.63) is 23.8 Å². The molecule has 0 bridgehead atoms. The maximum atomic E-state index is 12.2. The molecule has 0 fully saturated rings. The van der Waals surface area contributed by atoms with Crippen LogP contribution in [0.2, 0.25) is 0 Å². The van der Waals surface area contributed by atoms with Gasteiger partial charge in [0.25, 0.3) is 0 Å². The molecule has 0 amide bonds. The lowest BCUT2D eigenvalue weighted by atomic mass is 10.1. The first-order chi connectivity index (χ1) is 11.2. The summed E-state index contributed by atoms with van der Waals surface area (Å²) in [5.41, 5.74) is 1.42. The standard InChI is InChI=1S/C18H30N2O3/c1-5-8-11-19-15-9-10-16(17(14-15)22-4)18(21)23-13-12-20(6-2)7-3/h9-10,14,19H,5-8,11-13H2,1-4H3. The largest absolute Gasteiger partial charge is 0.496 e. The van der Waals surface area contributed by atoms with Crippen LogP contribution in [0.3, 0.4) is 0 Å². The minimum Gasteiger partial charge on any atom is -0.496 e. The molecule has 5 nitrogen and oxygen atoms in total. The van der Waals surface area contributed by atoms with Crippen LogP contribution < -0.4 is 10.1 Å². The first-order valence-electron chi connectivity index (χ1n) is 8.47. The van der Waals surface area contributed by atoms with Gasteiger partial charge < -0.3 is 19.7 Å². The average molecular weight is 322 g/mol. The van der Waals surface area contributed by atoms with E-state index in [1.54, 1.807) is 13.2 Å². The molecule has 0 atom stereocenters. The van der Waals surface area contributed by atoms with Gasteiger partial charge in [-0.15, -0.1) is 0 Å². The Bertz CT molecular complexity index is 473. The minimum absolute atomic E-state index is 0.339. The molecule has 5 heteroatoms. The lowest BCUT2D eigenvalue weighted by Gasteiger charge is -2.18. The summed E-state index contributed by atoms with van der Waals surface area (Å²) >= 11 is 0. The summed E-state index contributed by atoms with van der Waals surface area (Å²) in [5.74, 6) is 0.202. The molecule has 1 N–H and O–H groups in total. The number of rotatable bonds is 11. The maximum Gasteiger partial charge on any atom is 0.341 e.